The fourth-order valence-corrected chi connectivity index (χ4v) is 2.43. The molecule has 5 nitrogen and oxygen atoms in total. The Morgan fingerprint density at radius 3 is 2.81 bits per heavy atom. The highest BCUT2D eigenvalue weighted by atomic mass is 16.3. The van der Waals surface area contributed by atoms with Crippen molar-refractivity contribution in [1.82, 2.24) is 9.88 Å². The van der Waals surface area contributed by atoms with Crippen LogP contribution in [0.5, 0.6) is 0 Å². The third kappa shape index (κ3) is 4.17. The van der Waals surface area contributed by atoms with E-state index >= 15 is 0 Å². The highest BCUT2D eigenvalue weighted by Crippen LogP contribution is 2.26. The number of aliphatic hydroxyl groups is 1. The molecule has 1 heterocycles. The average molecular weight is 291 g/mol. The van der Waals surface area contributed by atoms with E-state index in [9.17, 15) is 4.79 Å². The lowest BCUT2D eigenvalue weighted by Crippen LogP contribution is -2.45. The highest BCUT2D eigenvalue weighted by molar-refractivity contribution is 5.92. The van der Waals surface area contributed by atoms with Crippen LogP contribution in [0.25, 0.3) is 0 Å². The molecular weight excluding hydrogens is 266 g/mol. The number of pyridine rings is 1. The first-order chi connectivity index (χ1) is 10.3. The molecule has 0 aromatic carbocycles. The van der Waals surface area contributed by atoms with Gasteiger partial charge in [-0.2, -0.15) is 0 Å². The van der Waals surface area contributed by atoms with E-state index in [-0.39, 0.29) is 12.5 Å². The van der Waals surface area contributed by atoms with Gasteiger partial charge < -0.3 is 15.3 Å². The van der Waals surface area contributed by atoms with Crippen LogP contribution in [0, 0.1) is 0 Å². The molecule has 0 unspecified atom stereocenters. The topological polar surface area (TPSA) is 65.5 Å². The maximum Gasteiger partial charge on any atom is 0.272 e. The number of rotatable bonds is 8. The third-order valence-electron chi connectivity index (χ3n) is 3.90. The van der Waals surface area contributed by atoms with Crippen LogP contribution in [0.4, 0.5) is 5.69 Å². The van der Waals surface area contributed by atoms with Gasteiger partial charge in [-0.3, -0.25) is 4.79 Å². The Morgan fingerprint density at radius 2 is 2.29 bits per heavy atom. The van der Waals surface area contributed by atoms with Gasteiger partial charge in [0.1, 0.15) is 5.69 Å². The summed E-state index contributed by atoms with van der Waals surface area (Å²) in [7, 11) is 0. The number of aromatic nitrogens is 1. The lowest BCUT2D eigenvalue weighted by molar-refractivity contribution is 0.0556. The zero-order valence-electron chi connectivity index (χ0n) is 12.7. The van der Waals surface area contributed by atoms with Crippen LogP contribution >= 0.6 is 0 Å². The van der Waals surface area contributed by atoms with Crippen molar-refractivity contribution in [2.24, 2.45) is 0 Å². The van der Waals surface area contributed by atoms with Crippen molar-refractivity contribution in [3.05, 3.63) is 24.0 Å². The molecule has 0 radical (unpaired) electrons. The molecule has 21 heavy (non-hydrogen) atoms. The smallest absolute Gasteiger partial charge is 0.272 e. The Bertz CT molecular complexity index is 443. The summed E-state index contributed by atoms with van der Waals surface area (Å²) in [5.74, 6) is -0.0183. The van der Waals surface area contributed by atoms with Crippen molar-refractivity contribution < 1.29 is 9.90 Å². The number of hydrogen-bond donors (Lipinski definition) is 2. The molecule has 2 rings (SSSR count). The van der Waals surface area contributed by atoms with Gasteiger partial charge in [0.25, 0.3) is 5.91 Å². The standard InChI is InChI=1S/C16H25N3O2/c1-2-9-17-13-7-8-15(18-12-13)16(21)19(10-4-11-20)14-5-3-6-14/h7-8,12,14,17,20H,2-6,9-11H2,1H3. The molecular formula is C16H25N3O2. The largest absolute Gasteiger partial charge is 0.396 e. The lowest BCUT2D eigenvalue weighted by atomic mass is 9.91. The molecule has 0 aliphatic heterocycles. The highest BCUT2D eigenvalue weighted by Gasteiger charge is 2.29. The number of carbonyl (C=O) groups is 1. The molecule has 2 N–H and O–H groups in total. The SMILES string of the molecule is CCCNc1ccc(C(=O)N(CCCO)C2CCC2)nc1. The van der Waals surface area contributed by atoms with Crippen LogP contribution in [0.15, 0.2) is 18.3 Å². The molecule has 0 saturated heterocycles. The van der Waals surface area contributed by atoms with Crippen molar-refractivity contribution in [3.8, 4) is 0 Å². The van der Waals surface area contributed by atoms with E-state index in [1.54, 1.807) is 12.3 Å². The second-order valence-corrected chi connectivity index (χ2v) is 5.52. The number of nitrogens with zero attached hydrogens (tertiary/aromatic N) is 2. The molecule has 1 fully saturated rings. The van der Waals surface area contributed by atoms with Gasteiger partial charge in [0.05, 0.1) is 11.9 Å². The van der Waals surface area contributed by atoms with Gasteiger partial charge >= 0.3 is 0 Å². The van der Waals surface area contributed by atoms with Gasteiger partial charge in [-0.05, 0) is 44.2 Å². The third-order valence-corrected chi connectivity index (χ3v) is 3.90. The number of amides is 1. The van der Waals surface area contributed by atoms with Gasteiger partial charge in [0, 0.05) is 25.7 Å². The van der Waals surface area contributed by atoms with Crippen LogP contribution in [0.2, 0.25) is 0 Å². The molecule has 1 amide bonds. The number of nitrogens with one attached hydrogen (secondary N) is 1. The van der Waals surface area contributed by atoms with Crippen molar-refractivity contribution in [2.45, 2.75) is 45.1 Å². The summed E-state index contributed by atoms with van der Waals surface area (Å²) in [4.78, 5) is 18.7. The van der Waals surface area contributed by atoms with E-state index in [1.807, 2.05) is 11.0 Å². The van der Waals surface area contributed by atoms with Gasteiger partial charge in [-0.25, -0.2) is 4.98 Å². The molecule has 1 aromatic heterocycles. The number of carbonyl (C=O) groups excluding carboxylic acids is 1. The maximum absolute atomic E-state index is 12.6. The van der Waals surface area contributed by atoms with Crippen LogP contribution in [-0.4, -0.2) is 46.6 Å². The average Bonchev–Trinajstić information content (AvgIpc) is 2.47. The van der Waals surface area contributed by atoms with E-state index in [2.05, 4.69) is 17.2 Å². The number of hydrogen-bond acceptors (Lipinski definition) is 4. The van der Waals surface area contributed by atoms with E-state index in [4.69, 9.17) is 5.11 Å². The zero-order valence-corrected chi connectivity index (χ0v) is 12.7. The minimum absolute atomic E-state index is 0.0183. The minimum Gasteiger partial charge on any atom is -0.396 e. The maximum atomic E-state index is 12.6. The summed E-state index contributed by atoms with van der Waals surface area (Å²) in [6, 6.07) is 4.01. The molecule has 1 aromatic rings. The van der Waals surface area contributed by atoms with Gasteiger partial charge in [-0.1, -0.05) is 6.92 Å². The van der Waals surface area contributed by atoms with Crippen molar-refractivity contribution >= 4 is 11.6 Å². The summed E-state index contributed by atoms with van der Waals surface area (Å²) in [5, 5.41) is 12.2. The minimum atomic E-state index is -0.0183. The molecule has 0 bridgehead atoms. The van der Waals surface area contributed by atoms with Crippen LogP contribution in [0.1, 0.15) is 49.5 Å². The van der Waals surface area contributed by atoms with Gasteiger partial charge in [-0.15, -0.1) is 0 Å². The Balaban J connectivity index is 2.01. The predicted molar refractivity (Wildman–Crippen MR) is 83.4 cm³/mol. The summed E-state index contributed by atoms with van der Waals surface area (Å²) in [6.45, 7) is 3.73. The predicted octanol–water partition coefficient (Wildman–Crippen LogP) is 2.28. The molecule has 1 saturated carbocycles. The Morgan fingerprint density at radius 1 is 1.48 bits per heavy atom. The fourth-order valence-electron chi connectivity index (χ4n) is 2.43. The zero-order chi connectivity index (χ0) is 15.1. The summed E-state index contributed by atoms with van der Waals surface area (Å²) in [6.07, 6.45) is 6.70. The van der Waals surface area contributed by atoms with E-state index in [1.165, 1.54) is 6.42 Å². The summed E-state index contributed by atoms with van der Waals surface area (Å²) >= 11 is 0. The number of anilines is 1. The first-order valence-corrected chi connectivity index (χ1v) is 7.88. The van der Waals surface area contributed by atoms with Crippen LogP contribution in [0.3, 0.4) is 0 Å². The lowest BCUT2D eigenvalue weighted by Gasteiger charge is -2.37. The van der Waals surface area contributed by atoms with Gasteiger partial charge in [0.2, 0.25) is 0 Å². The number of aliphatic hydroxyl groups excluding tert-OH is 1. The van der Waals surface area contributed by atoms with Crippen LogP contribution in [-0.2, 0) is 0 Å². The van der Waals surface area contributed by atoms with Crippen molar-refractivity contribution in [1.29, 1.82) is 0 Å². The second-order valence-electron chi connectivity index (χ2n) is 5.52. The fraction of sp³-hybridized carbons (Fsp3) is 0.625. The normalized spacial score (nSPS) is 14.6. The molecule has 0 atom stereocenters. The molecule has 1 aliphatic rings. The quantitative estimate of drug-likeness (QED) is 0.771. The monoisotopic (exact) mass is 291 g/mol. The first-order valence-electron chi connectivity index (χ1n) is 7.88. The van der Waals surface area contributed by atoms with Crippen molar-refractivity contribution in [3.63, 3.8) is 0 Å². The second kappa shape index (κ2) is 7.98. The Hall–Kier alpha value is -1.62. The molecule has 5 heteroatoms. The molecule has 116 valence electrons. The summed E-state index contributed by atoms with van der Waals surface area (Å²) in [5.41, 5.74) is 1.43. The van der Waals surface area contributed by atoms with E-state index < -0.39 is 0 Å². The first kappa shape index (κ1) is 15.8. The van der Waals surface area contributed by atoms with E-state index in [0.717, 1.165) is 31.5 Å². The Kier molecular flexibility index (Phi) is 5.99. The summed E-state index contributed by atoms with van der Waals surface area (Å²) < 4.78 is 0. The molecule has 1 aliphatic carbocycles. The Labute approximate surface area is 126 Å². The van der Waals surface area contributed by atoms with E-state index in [0.29, 0.717) is 24.7 Å². The van der Waals surface area contributed by atoms with Crippen LogP contribution < -0.4 is 5.32 Å². The molecule has 0 spiro atoms. The van der Waals surface area contributed by atoms with Gasteiger partial charge in [0.15, 0.2) is 0 Å². The van der Waals surface area contributed by atoms with Crippen molar-refractivity contribution in [2.75, 3.05) is 25.0 Å².